The average molecular weight is 488 g/mol. The van der Waals surface area contributed by atoms with E-state index in [0.29, 0.717) is 0 Å². The van der Waals surface area contributed by atoms with Crippen molar-refractivity contribution in [1.29, 1.82) is 0 Å². The highest BCUT2D eigenvalue weighted by Crippen LogP contribution is 2.23. The van der Waals surface area contributed by atoms with E-state index < -0.39 is 0 Å². The van der Waals surface area contributed by atoms with E-state index in [4.69, 9.17) is 0 Å². The molecule has 186 valence electrons. The fourth-order valence-electron chi connectivity index (χ4n) is 3.80. The van der Waals surface area contributed by atoms with Crippen molar-refractivity contribution in [2.45, 2.75) is 39.5 Å². The first-order valence-corrected chi connectivity index (χ1v) is 13.0. The smallest absolute Gasteiger partial charge is 0.0887 e. The maximum atomic E-state index is 4.47. The maximum absolute atomic E-state index is 4.47. The van der Waals surface area contributed by atoms with Gasteiger partial charge in [-0.3, -0.25) is 9.97 Å². The fourth-order valence-corrected chi connectivity index (χ4v) is 3.80. The minimum absolute atomic E-state index is 0.795. The summed E-state index contributed by atoms with van der Waals surface area (Å²) in [6.45, 7) is 6.67. The number of hydrogen-bond acceptors (Lipinski definition) is 5. The van der Waals surface area contributed by atoms with E-state index in [1.54, 1.807) is 12.4 Å². The molecule has 0 radical (unpaired) electrons. The van der Waals surface area contributed by atoms with E-state index in [0.717, 1.165) is 47.0 Å². The van der Waals surface area contributed by atoms with Crippen LogP contribution in [0.15, 0.2) is 101 Å². The zero-order valence-electron chi connectivity index (χ0n) is 21.6. The Morgan fingerprint density at radius 1 is 0.649 bits per heavy atom. The predicted molar refractivity (Wildman–Crippen MR) is 153 cm³/mol. The van der Waals surface area contributed by atoms with Gasteiger partial charge in [-0.25, -0.2) is 0 Å². The highest BCUT2D eigenvalue weighted by molar-refractivity contribution is 5.55. The van der Waals surface area contributed by atoms with E-state index in [-0.39, 0.29) is 0 Å². The van der Waals surface area contributed by atoms with E-state index >= 15 is 0 Å². The second kappa shape index (κ2) is 13.7. The average Bonchev–Trinajstić information content (AvgIpc) is 2.97. The first-order chi connectivity index (χ1) is 18.2. The van der Waals surface area contributed by atoms with Crippen LogP contribution in [0, 0.1) is 11.8 Å². The molecule has 4 aromatic rings. The van der Waals surface area contributed by atoms with Gasteiger partial charge in [-0.1, -0.05) is 44.6 Å². The van der Waals surface area contributed by atoms with E-state index in [9.17, 15) is 0 Å². The van der Waals surface area contributed by atoms with Gasteiger partial charge in [0.1, 0.15) is 0 Å². The number of benzene rings is 2. The first kappa shape index (κ1) is 25.8. The highest BCUT2D eigenvalue weighted by Gasteiger charge is 2.05. The summed E-state index contributed by atoms with van der Waals surface area (Å²) in [5.74, 6) is 6.35. The third kappa shape index (κ3) is 7.85. The molecule has 0 aliphatic rings. The molecule has 0 aliphatic heterocycles. The normalized spacial score (nSPS) is 10.8. The molecule has 0 unspecified atom stereocenters. The Kier molecular flexibility index (Phi) is 9.55. The van der Waals surface area contributed by atoms with Crippen LogP contribution in [0.1, 0.15) is 50.7 Å². The molecular weight excluding hydrogens is 454 g/mol. The zero-order chi connectivity index (χ0) is 25.7. The van der Waals surface area contributed by atoms with Gasteiger partial charge in [-0.05, 0) is 85.6 Å². The third-order valence-corrected chi connectivity index (χ3v) is 5.97. The number of pyridine rings is 2. The van der Waals surface area contributed by atoms with Crippen LogP contribution in [-0.4, -0.2) is 23.1 Å². The van der Waals surface area contributed by atoms with Gasteiger partial charge in [-0.15, -0.1) is 0 Å². The van der Waals surface area contributed by atoms with Gasteiger partial charge in [0.15, 0.2) is 0 Å². The summed E-state index contributed by atoms with van der Waals surface area (Å²) in [4.78, 5) is 11.3. The molecule has 2 heterocycles. The van der Waals surface area contributed by atoms with Crippen molar-refractivity contribution in [3.63, 3.8) is 0 Å². The van der Waals surface area contributed by atoms with Gasteiger partial charge in [-0.2, -0.15) is 10.2 Å². The zero-order valence-corrected chi connectivity index (χ0v) is 21.6. The Morgan fingerprint density at radius 3 is 1.81 bits per heavy atom. The summed E-state index contributed by atoms with van der Waals surface area (Å²) < 4.78 is 0. The first-order valence-electron chi connectivity index (χ1n) is 13.0. The SMILES string of the molecule is CCCCN(CCCC)c1ccc(N=Nc2ccc(C#Cc3ccc(-c4ccccn4)nc3)cc2)cc1. The van der Waals surface area contributed by atoms with Crippen LogP contribution in [0.25, 0.3) is 11.4 Å². The third-order valence-electron chi connectivity index (χ3n) is 5.97. The maximum Gasteiger partial charge on any atom is 0.0887 e. The molecule has 0 saturated carbocycles. The monoisotopic (exact) mass is 487 g/mol. The molecule has 0 bridgehead atoms. The van der Waals surface area contributed by atoms with E-state index in [1.165, 1.54) is 31.4 Å². The molecule has 2 aromatic carbocycles. The Balaban J connectivity index is 1.35. The minimum Gasteiger partial charge on any atom is -0.372 e. The Hall–Kier alpha value is -4.30. The molecule has 0 saturated heterocycles. The van der Waals surface area contributed by atoms with Gasteiger partial charge >= 0.3 is 0 Å². The van der Waals surface area contributed by atoms with Gasteiger partial charge in [0.25, 0.3) is 0 Å². The minimum atomic E-state index is 0.795. The lowest BCUT2D eigenvalue weighted by Gasteiger charge is -2.24. The van der Waals surface area contributed by atoms with Gasteiger partial charge < -0.3 is 4.90 Å². The summed E-state index contributed by atoms with van der Waals surface area (Å²) >= 11 is 0. The Bertz CT molecular complexity index is 1310. The molecule has 5 heteroatoms. The van der Waals surface area contributed by atoms with Crippen molar-refractivity contribution >= 4 is 17.1 Å². The van der Waals surface area contributed by atoms with Crippen molar-refractivity contribution in [2.75, 3.05) is 18.0 Å². The molecule has 0 fully saturated rings. The number of aromatic nitrogens is 2. The van der Waals surface area contributed by atoms with Crippen molar-refractivity contribution < 1.29 is 0 Å². The molecule has 2 aromatic heterocycles. The van der Waals surface area contributed by atoms with Crippen LogP contribution in [-0.2, 0) is 0 Å². The van der Waals surface area contributed by atoms with Crippen molar-refractivity contribution in [3.05, 3.63) is 102 Å². The van der Waals surface area contributed by atoms with E-state index in [2.05, 4.69) is 62.9 Å². The molecule has 0 amide bonds. The van der Waals surface area contributed by atoms with Crippen LogP contribution in [0.4, 0.5) is 17.1 Å². The highest BCUT2D eigenvalue weighted by atomic mass is 15.1. The molecule has 0 spiro atoms. The summed E-state index contributed by atoms with van der Waals surface area (Å²) in [5, 5.41) is 8.81. The van der Waals surface area contributed by atoms with Crippen molar-refractivity contribution in [2.24, 2.45) is 10.2 Å². The molecule has 5 nitrogen and oxygen atoms in total. The molecular formula is C32H33N5. The second-order valence-electron chi connectivity index (χ2n) is 8.85. The van der Waals surface area contributed by atoms with Crippen LogP contribution in [0.3, 0.4) is 0 Å². The van der Waals surface area contributed by atoms with E-state index in [1.807, 2.05) is 66.7 Å². The molecule has 0 N–H and O–H groups in total. The van der Waals surface area contributed by atoms with Crippen LogP contribution in [0.2, 0.25) is 0 Å². The van der Waals surface area contributed by atoms with Crippen LogP contribution < -0.4 is 4.90 Å². The topological polar surface area (TPSA) is 53.7 Å². The van der Waals surface area contributed by atoms with Crippen LogP contribution in [0.5, 0.6) is 0 Å². The number of hydrogen-bond donors (Lipinski definition) is 0. The lowest BCUT2D eigenvalue weighted by atomic mass is 10.2. The molecule has 0 aliphatic carbocycles. The molecule has 0 atom stereocenters. The van der Waals surface area contributed by atoms with Gasteiger partial charge in [0, 0.05) is 42.3 Å². The largest absolute Gasteiger partial charge is 0.372 e. The quantitative estimate of drug-likeness (QED) is 0.167. The lowest BCUT2D eigenvalue weighted by molar-refractivity contribution is 0.678. The van der Waals surface area contributed by atoms with Crippen LogP contribution >= 0.6 is 0 Å². The molecule has 37 heavy (non-hydrogen) atoms. The number of unbranched alkanes of at least 4 members (excludes halogenated alkanes) is 2. The second-order valence-corrected chi connectivity index (χ2v) is 8.85. The number of anilines is 1. The summed E-state index contributed by atoms with van der Waals surface area (Å²) in [6.07, 6.45) is 8.37. The van der Waals surface area contributed by atoms with Crippen molar-refractivity contribution in [1.82, 2.24) is 9.97 Å². The summed E-state index contributed by atoms with van der Waals surface area (Å²) in [7, 11) is 0. The number of nitrogens with zero attached hydrogens (tertiary/aromatic N) is 5. The number of azo groups is 1. The fraction of sp³-hybridized carbons (Fsp3) is 0.250. The van der Waals surface area contributed by atoms with Gasteiger partial charge in [0.2, 0.25) is 0 Å². The predicted octanol–water partition coefficient (Wildman–Crippen LogP) is 8.37. The Morgan fingerprint density at radius 2 is 1.24 bits per heavy atom. The lowest BCUT2D eigenvalue weighted by Crippen LogP contribution is -2.25. The van der Waals surface area contributed by atoms with Gasteiger partial charge in [0.05, 0.1) is 22.8 Å². The molecule has 4 rings (SSSR count). The standard InChI is InChI=1S/C32H33N5/c1-3-5-23-37(24-6-4-2)30-19-17-29(18-20-30)36-35-28-15-12-26(13-16-28)10-11-27-14-21-32(34-25-27)31-9-7-8-22-33-31/h7-9,12-22,25H,3-6,23-24H2,1-2H3. The number of rotatable bonds is 10. The summed E-state index contributed by atoms with van der Waals surface area (Å²) in [5.41, 5.74) is 6.35. The van der Waals surface area contributed by atoms with Crippen molar-refractivity contribution in [3.8, 4) is 23.2 Å². The Labute approximate surface area is 220 Å². The summed E-state index contributed by atoms with van der Waals surface area (Å²) in [6, 6.07) is 25.8.